The van der Waals surface area contributed by atoms with Crippen molar-refractivity contribution in [3.05, 3.63) is 5.82 Å². The van der Waals surface area contributed by atoms with Crippen LogP contribution in [0.2, 0.25) is 0 Å². The summed E-state index contributed by atoms with van der Waals surface area (Å²) in [4.78, 5) is 4.24. The fourth-order valence-corrected chi connectivity index (χ4v) is 1.78. The van der Waals surface area contributed by atoms with Gasteiger partial charge in [-0.05, 0) is 12.8 Å². The van der Waals surface area contributed by atoms with Crippen LogP contribution in [0.5, 0.6) is 5.19 Å². The SMILES string of the molecule is COc1nc(C2(CN)CC2)ns1. The molecule has 1 heterocycles. The maximum atomic E-state index is 5.64. The molecule has 1 aliphatic carbocycles. The lowest BCUT2D eigenvalue weighted by Gasteiger charge is -2.04. The van der Waals surface area contributed by atoms with E-state index in [0.29, 0.717) is 11.7 Å². The molecule has 4 nitrogen and oxygen atoms in total. The Morgan fingerprint density at radius 2 is 2.42 bits per heavy atom. The summed E-state index contributed by atoms with van der Waals surface area (Å²) in [6.45, 7) is 0.646. The fourth-order valence-electron chi connectivity index (χ4n) is 1.18. The Morgan fingerprint density at radius 3 is 2.83 bits per heavy atom. The van der Waals surface area contributed by atoms with Gasteiger partial charge in [0.2, 0.25) is 0 Å². The standard InChI is InChI=1S/C7H11N3OS/c1-11-6-9-5(10-12-6)7(4-8)2-3-7/h2-4,8H2,1H3. The second-order valence-electron chi connectivity index (χ2n) is 3.07. The second-order valence-corrected chi connectivity index (χ2v) is 3.79. The molecule has 1 aromatic heterocycles. The lowest BCUT2D eigenvalue weighted by atomic mass is 10.1. The number of ether oxygens (including phenoxy) is 1. The van der Waals surface area contributed by atoms with E-state index in [-0.39, 0.29) is 5.41 Å². The zero-order valence-corrected chi connectivity index (χ0v) is 7.73. The Labute approximate surface area is 74.9 Å². The first-order valence-electron chi connectivity index (χ1n) is 3.89. The van der Waals surface area contributed by atoms with Gasteiger partial charge in [-0.15, -0.1) is 0 Å². The van der Waals surface area contributed by atoms with Crippen molar-refractivity contribution in [3.8, 4) is 5.19 Å². The molecule has 0 spiro atoms. The van der Waals surface area contributed by atoms with Crippen LogP contribution in [-0.4, -0.2) is 23.0 Å². The Bertz CT molecular complexity index is 282. The van der Waals surface area contributed by atoms with Crippen LogP contribution in [-0.2, 0) is 5.41 Å². The maximum absolute atomic E-state index is 5.64. The maximum Gasteiger partial charge on any atom is 0.292 e. The summed E-state index contributed by atoms with van der Waals surface area (Å²) in [6.07, 6.45) is 2.23. The highest BCUT2D eigenvalue weighted by Gasteiger charge is 2.46. The molecule has 1 aliphatic rings. The van der Waals surface area contributed by atoms with Crippen molar-refractivity contribution in [1.29, 1.82) is 0 Å². The minimum atomic E-state index is 0.0906. The van der Waals surface area contributed by atoms with E-state index in [0.717, 1.165) is 18.7 Å². The largest absolute Gasteiger partial charge is 0.472 e. The molecule has 12 heavy (non-hydrogen) atoms. The zero-order valence-electron chi connectivity index (χ0n) is 6.91. The minimum Gasteiger partial charge on any atom is -0.472 e. The van der Waals surface area contributed by atoms with Crippen molar-refractivity contribution in [2.75, 3.05) is 13.7 Å². The van der Waals surface area contributed by atoms with E-state index < -0.39 is 0 Å². The molecule has 0 unspecified atom stereocenters. The summed E-state index contributed by atoms with van der Waals surface area (Å²) >= 11 is 1.29. The predicted molar refractivity (Wildman–Crippen MR) is 46.4 cm³/mol. The summed E-state index contributed by atoms with van der Waals surface area (Å²) in [6, 6.07) is 0. The van der Waals surface area contributed by atoms with Gasteiger partial charge in [0, 0.05) is 23.5 Å². The summed E-state index contributed by atoms with van der Waals surface area (Å²) < 4.78 is 9.18. The van der Waals surface area contributed by atoms with Crippen molar-refractivity contribution in [2.24, 2.45) is 5.73 Å². The highest BCUT2D eigenvalue weighted by molar-refractivity contribution is 7.07. The Hall–Kier alpha value is -0.680. The molecule has 66 valence electrons. The number of nitrogens with zero attached hydrogens (tertiary/aromatic N) is 2. The van der Waals surface area contributed by atoms with Crippen LogP contribution >= 0.6 is 11.5 Å². The Morgan fingerprint density at radius 1 is 1.67 bits per heavy atom. The minimum absolute atomic E-state index is 0.0906. The van der Waals surface area contributed by atoms with Crippen molar-refractivity contribution in [1.82, 2.24) is 9.36 Å². The van der Waals surface area contributed by atoms with Crippen molar-refractivity contribution in [2.45, 2.75) is 18.3 Å². The van der Waals surface area contributed by atoms with Crippen LogP contribution in [0.15, 0.2) is 0 Å². The lowest BCUT2D eigenvalue weighted by molar-refractivity contribution is 0.409. The van der Waals surface area contributed by atoms with Crippen LogP contribution in [0.1, 0.15) is 18.7 Å². The Kier molecular flexibility index (Phi) is 1.77. The van der Waals surface area contributed by atoms with Gasteiger partial charge in [-0.25, -0.2) is 0 Å². The van der Waals surface area contributed by atoms with E-state index in [9.17, 15) is 0 Å². The molecule has 5 heteroatoms. The molecule has 0 radical (unpaired) electrons. The normalized spacial score (nSPS) is 19.2. The van der Waals surface area contributed by atoms with Crippen molar-refractivity contribution < 1.29 is 4.74 Å². The van der Waals surface area contributed by atoms with E-state index in [4.69, 9.17) is 10.5 Å². The third-order valence-electron chi connectivity index (χ3n) is 2.30. The van der Waals surface area contributed by atoms with E-state index in [1.807, 2.05) is 0 Å². The van der Waals surface area contributed by atoms with Gasteiger partial charge >= 0.3 is 0 Å². The number of methoxy groups -OCH3 is 1. The molecule has 2 rings (SSSR count). The van der Waals surface area contributed by atoms with Crippen LogP contribution in [0.4, 0.5) is 0 Å². The summed E-state index contributed by atoms with van der Waals surface area (Å²) in [5.41, 5.74) is 5.73. The zero-order chi connectivity index (χ0) is 8.60. The highest BCUT2D eigenvalue weighted by atomic mass is 32.1. The number of nitrogens with two attached hydrogens (primary N) is 1. The van der Waals surface area contributed by atoms with Gasteiger partial charge in [0.05, 0.1) is 7.11 Å². The first-order valence-corrected chi connectivity index (χ1v) is 4.66. The van der Waals surface area contributed by atoms with Crippen LogP contribution in [0.3, 0.4) is 0 Å². The molecule has 0 bridgehead atoms. The van der Waals surface area contributed by atoms with E-state index in [2.05, 4.69) is 9.36 Å². The van der Waals surface area contributed by atoms with E-state index in [1.54, 1.807) is 7.11 Å². The first-order chi connectivity index (χ1) is 5.80. The highest BCUT2D eigenvalue weighted by Crippen LogP contribution is 2.46. The van der Waals surface area contributed by atoms with Crippen LogP contribution in [0, 0.1) is 0 Å². The van der Waals surface area contributed by atoms with Gasteiger partial charge in [-0.3, -0.25) is 0 Å². The number of hydrogen-bond acceptors (Lipinski definition) is 5. The lowest BCUT2D eigenvalue weighted by Crippen LogP contribution is -2.20. The molecule has 0 aliphatic heterocycles. The third kappa shape index (κ3) is 1.09. The number of hydrogen-bond donors (Lipinski definition) is 1. The fraction of sp³-hybridized carbons (Fsp3) is 0.714. The molecule has 1 saturated carbocycles. The van der Waals surface area contributed by atoms with E-state index >= 15 is 0 Å². The molecule has 0 aromatic carbocycles. The first kappa shape index (κ1) is 7.94. The third-order valence-corrected chi connectivity index (χ3v) is 2.98. The molecular formula is C7H11N3OS. The van der Waals surface area contributed by atoms with Gasteiger partial charge in [-0.2, -0.15) is 9.36 Å². The predicted octanol–water partition coefficient (Wildman–Crippen LogP) is 0.537. The number of rotatable bonds is 3. The molecule has 1 fully saturated rings. The second kappa shape index (κ2) is 2.67. The van der Waals surface area contributed by atoms with Gasteiger partial charge in [0.25, 0.3) is 5.19 Å². The van der Waals surface area contributed by atoms with Crippen LogP contribution < -0.4 is 10.5 Å². The van der Waals surface area contributed by atoms with Crippen LogP contribution in [0.25, 0.3) is 0 Å². The van der Waals surface area contributed by atoms with Gasteiger partial charge in [-0.1, -0.05) is 0 Å². The molecule has 0 atom stereocenters. The quantitative estimate of drug-likeness (QED) is 0.746. The van der Waals surface area contributed by atoms with Crippen molar-refractivity contribution >= 4 is 11.5 Å². The van der Waals surface area contributed by atoms with Gasteiger partial charge in [0.15, 0.2) is 5.82 Å². The molecule has 2 N–H and O–H groups in total. The molecule has 1 aromatic rings. The average Bonchev–Trinajstić information content (AvgIpc) is 2.77. The van der Waals surface area contributed by atoms with E-state index in [1.165, 1.54) is 11.5 Å². The monoisotopic (exact) mass is 185 g/mol. The van der Waals surface area contributed by atoms with Gasteiger partial charge in [0.1, 0.15) is 0 Å². The summed E-state index contributed by atoms with van der Waals surface area (Å²) in [5, 5.41) is 0.629. The summed E-state index contributed by atoms with van der Waals surface area (Å²) in [5.74, 6) is 0.867. The molecule has 0 amide bonds. The summed E-state index contributed by atoms with van der Waals surface area (Å²) in [7, 11) is 1.60. The molecule has 0 saturated heterocycles. The average molecular weight is 185 g/mol. The number of aromatic nitrogens is 2. The van der Waals surface area contributed by atoms with Gasteiger partial charge < -0.3 is 10.5 Å². The molecular weight excluding hydrogens is 174 g/mol. The van der Waals surface area contributed by atoms with Crippen molar-refractivity contribution in [3.63, 3.8) is 0 Å². The topological polar surface area (TPSA) is 61.0 Å². The smallest absolute Gasteiger partial charge is 0.292 e. The Balaban J connectivity index is 2.23.